The summed E-state index contributed by atoms with van der Waals surface area (Å²) in [5.74, 6) is -0.748. The molecule has 0 fully saturated rings. The molecular weight excluding hydrogens is 271 g/mol. The number of carbonyl (C=O) groups is 1. The van der Waals surface area contributed by atoms with Crippen LogP contribution in [0.25, 0.3) is 6.08 Å². The van der Waals surface area contributed by atoms with Crippen LogP contribution in [0.2, 0.25) is 0 Å². The van der Waals surface area contributed by atoms with Crippen LogP contribution < -0.4 is 5.32 Å². The van der Waals surface area contributed by atoms with E-state index in [1.54, 1.807) is 13.0 Å². The van der Waals surface area contributed by atoms with E-state index in [4.69, 9.17) is 10.00 Å². The molecule has 1 aromatic carbocycles. The molecule has 0 unspecified atom stereocenters. The van der Waals surface area contributed by atoms with Crippen molar-refractivity contribution in [2.75, 3.05) is 19.8 Å². The summed E-state index contributed by atoms with van der Waals surface area (Å²) >= 11 is 0. The molecule has 1 aromatic rings. The molecule has 21 heavy (non-hydrogen) atoms. The van der Waals surface area contributed by atoms with Gasteiger partial charge in [-0.05, 0) is 49.6 Å². The molecule has 0 aliphatic carbocycles. The smallest absolute Gasteiger partial charge is 0.261 e. The van der Waals surface area contributed by atoms with Gasteiger partial charge in [-0.15, -0.1) is 0 Å². The van der Waals surface area contributed by atoms with E-state index in [1.807, 2.05) is 13.0 Å². The van der Waals surface area contributed by atoms with Gasteiger partial charge in [0.15, 0.2) is 0 Å². The number of rotatable bonds is 7. The molecule has 0 atom stereocenters. The Balaban J connectivity index is 2.64. The Kier molecular flexibility index (Phi) is 7.13. The Morgan fingerprint density at radius 3 is 2.90 bits per heavy atom. The molecule has 112 valence electrons. The number of hydrogen-bond donors (Lipinski definition) is 1. The van der Waals surface area contributed by atoms with Crippen molar-refractivity contribution in [1.29, 1.82) is 5.26 Å². The van der Waals surface area contributed by atoms with Crippen molar-refractivity contribution in [1.82, 2.24) is 5.32 Å². The highest BCUT2D eigenvalue weighted by molar-refractivity contribution is 6.01. The topological polar surface area (TPSA) is 62.1 Å². The summed E-state index contributed by atoms with van der Waals surface area (Å²) in [6, 6.07) is 6.30. The van der Waals surface area contributed by atoms with Crippen LogP contribution in [0.3, 0.4) is 0 Å². The number of ether oxygens (including phenoxy) is 1. The lowest BCUT2D eigenvalue weighted by molar-refractivity contribution is -0.117. The minimum absolute atomic E-state index is 0.00239. The number of nitrogens with one attached hydrogen (secondary N) is 1. The largest absolute Gasteiger partial charge is 0.382 e. The molecular formula is C16H19FN2O2. The van der Waals surface area contributed by atoms with Crippen molar-refractivity contribution in [2.45, 2.75) is 20.3 Å². The summed E-state index contributed by atoms with van der Waals surface area (Å²) < 4.78 is 18.3. The van der Waals surface area contributed by atoms with Crippen LogP contribution >= 0.6 is 0 Å². The zero-order chi connectivity index (χ0) is 15.7. The highest BCUT2D eigenvalue weighted by Crippen LogP contribution is 2.12. The predicted octanol–water partition coefficient (Wildman–Crippen LogP) is 2.58. The minimum Gasteiger partial charge on any atom is -0.382 e. The quantitative estimate of drug-likeness (QED) is 0.477. The van der Waals surface area contributed by atoms with Gasteiger partial charge >= 0.3 is 0 Å². The Morgan fingerprint density at radius 1 is 1.52 bits per heavy atom. The first kappa shape index (κ1) is 16.9. The first-order chi connectivity index (χ1) is 10.1. The highest BCUT2D eigenvalue weighted by atomic mass is 19.1. The van der Waals surface area contributed by atoms with Gasteiger partial charge in [0.25, 0.3) is 5.91 Å². The molecule has 0 saturated heterocycles. The fourth-order valence-corrected chi connectivity index (χ4v) is 1.69. The predicted molar refractivity (Wildman–Crippen MR) is 78.8 cm³/mol. The second kappa shape index (κ2) is 8.88. The molecule has 1 amide bonds. The van der Waals surface area contributed by atoms with Crippen LogP contribution in [-0.4, -0.2) is 25.7 Å². The zero-order valence-corrected chi connectivity index (χ0v) is 12.3. The first-order valence-corrected chi connectivity index (χ1v) is 6.82. The molecule has 1 N–H and O–H groups in total. The lowest BCUT2D eigenvalue weighted by Crippen LogP contribution is -2.26. The normalized spacial score (nSPS) is 11.0. The number of benzene rings is 1. The van der Waals surface area contributed by atoms with E-state index in [2.05, 4.69) is 5.32 Å². The van der Waals surface area contributed by atoms with Crippen molar-refractivity contribution in [3.8, 4) is 6.07 Å². The average molecular weight is 290 g/mol. The second-order valence-corrected chi connectivity index (χ2v) is 4.48. The van der Waals surface area contributed by atoms with Crippen molar-refractivity contribution >= 4 is 12.0 Å². The molecule has 0 bridgehead atoms. The summed E-state index contributed by atoms with van der Waals surface area (Å²) in [5, 5.41) is 11.7. The molecule has 0 saturated carbocycles. The number of carbonyl (C=O) groups excluding carboxylic acids is 1. The van der Waals surface area contributed by atoms with Crippen LogP contribution in [0.15, 0.2) is 23.8 Å². The molecule has 0 heterocycles. The Bertz CT molecular complexity index is 562. The number of nitriles is 1. The average Bonchev–Trinajstić information content (AvgIpc) is 2.48. The van der Waals surface area contributed by atoms with E-state index in [0.29, 0.717) is 37.3 Å². The third kappa shape index (κ3) is 5.76. The molecule has 5 heteroatoms. The van der Waals surface area contributed by atoms with E-state index in [0.717, 1.165) is 0 Å². The number of amides is 1. The van der Waals surface area contributed by atoms with Gasteiger partial charge in [-0.25, -0.2) is 4.39 Å². The van der Waals surface area contributed by atoms with Crippen molar-refractivity contribution in [2.24, 2.45) is 0 Å². The van der Waals surface area contributed by atoms with Crippen molar-refractivity contribution in [3.05, 3.63) is 40.7 Å². The van der Waals surface area contributed by atoms with E-state index in [9.17, 15) is 9.18 Å². The summed E-state index contributed by atoms with van der Waals surface area (Å²) in [7, 11) is 0. The van der Waals surface area contributed by atoms with Crippen LogP contribution in [0.1, 0.15) is 24.5 Å². The number of hydrogen-bond acceptors (Lipinski definition) is 3. The maximum atomic E-state index is 13.2. The Morgan fingerprint density at radius 2 is 2.29 bits per heavy atom. The molecule has 0 aliphatic rings. The Hall–Kier alpha value is -2.19. The van der Waals surface area contributed by atoms with Gasteiger partial charge in [0.2, 0.25) is 0 Å². The van der Waals surface area contributed by atoms with E-state index in [1.165, 1.54) is 18.2 Å². The van der Waals surface area contributed by atoms with Crippen LogP contribution in [-0.2, 0) is 9.53 Å². The number of nitrogens with zero attached hydrogens (tertiary/aromatic N) is 1. The van der Waals surface area contributed by atoms with Gasteiger partial charge in [0, 0.05) is 19.8 Å². The van der Waals surface area contributed by atoms with E-state index < -0.39 is 5.91 Å². The maximum absolute atomic E-state index is 13.2. The van der Waals surface area contributed by atoms with Gasteiger partial charge in [0.05, 0.1) is 0 Å². The molecule has 1 rings (SSSR count). The van der Waals surface area contributed by atoms with Crippen LogP contribution in [0, 0.1) is 24.1 Å². The van der Waals surface area contributed by atoms with Gasteiger partial charge in [-0.2, -0.15) is 5.26 Å². The van der Waals surface area contributed by atoms with Crippen LogP contribution in [0.5, 0.6) is 0 Å². The lowest BCUT2D eigenvalue weighted by atomic mass is 10.1. The molecule has 0 spiro atoms. The second-order valence-electron chi connectivity index (χ2n) is 4.48. The zero-order valence-electron chi connectivity index (χ0n) is 12.3. The first-order valence-electron chi connectivity index (χ1n) is 6.82. The highest BCUT2D eigenvalue weighted by Gasteiger charge is 2.08. The van der Waals surface area contributed by atoms with Crippen LogP contribution in [0.4, 0.5) is 4.39 Å². The lowest BCUT2D eigenvalue weighted by Gasteiger charge is -2.05. The van der Waals surface area contributed by atoms with Crippen molar-refractivity contribution < 1.29 is 13.9 Å². The molecule has 4 nitrogen and oxygen atoms in total. The maximum Gasteiger partial charge on any atom is 0.261 e. The fourth-order valence-electron chi connectivity index (χ4n) is 1.69. The van der Waals surface area contributed by atoms with Gasteiger partial charge < -0.3 is 10.1 Å². The van der Waals surface area contributed by atoms with Gasteiger partial charge in [0.1, 0.15) is 17.5 Å². The standard InChI is InChI=1S/C16H19FN2O2/c1-3-21-8-4-7-19-16(20)14(11-18)10-13-5-6-15(17)12(2)9-13/h5-6,9-10H,3-4,7-8H2,1-2H3,(H,19,20). The summed E-state index contributed by atoms with van der Waals surface area (Å²) in [4.78, 5) is 11.8. The Labute approximate surface area is 124 Å². The number of aryl methyl sites for hydroxylation is 1. The molecule has 0 radical (unpaired) electrons. The number of halogens is 1. The third-order valence-corrected chi connectivity index (χ3v) is 2.81. The summed E-state index contributed by atoms with van der Waals surface area (Å²) in [5.41, 5.74) is 1.09. The third-order valence-electron chi connectivity index (χ3n) is 2.81. The monoisotopic (exact) mass is 290 g/mol. The fraction of sp³-hybridized carbons (Fsp3) is 0.375. The van der Waals surface area contributed by atoms with Crippen molar-refractivity contribution in [3.63, 3.8) is 0 Å². The minimum atomic E-state index is -0.434. The SMILES string of the molecule is CCOCCCNC(=O)C(C#N)=Cc1ccc(F)c(C)c1. The summed E-state index contributed by atoms with van der Waals surface area (Å²) in [6.45, 7) is 5.19. The van der Waals surface area contributed by atoms with E-state index in [-0.39, 0.29) is 11.4 Å². The van der Waals surface area contributed by atoms with Gasteiger partial charge in [-0.3, -0.25) is 4.79 Å². The molecule has 0 aliphatic heterocycles. The molecule has 0 aromatic heterocycles. The van der Waals surface area contributed by atoms with E-state index >= 15 is 0 Å². The summed E-state index contributed by atoms with van der Waals surface area (Å²) in [6.07, 6.45) is 2.14. The van der Waals surface area contributed by atoms with Gasteiger partial charge in [-0.1, -0.05) is 6.07 Å².